The molecule has 14 heteroatoms. The molecule has 12 nitrogen and oxygen atoms in total. The van der Waals surface area contributed by atoms with Crippen LogP contribution in [0.3, 0.4) is 0 Å². The lowest BCUT2D eigenvalue weighted by Crippen LogP contribution is -2.36. The lowest BCUT2D eigenvalue weighted by Gasteiger charge is -2.25. The highest BCUT2D eigenvalue weighted by molar-refractivity contribution is 6.31. The quantitative estimate of drug-likeness (QED) is 0.171. The van der Waals surface area contributed by atoms with Crippen molar-refractivity contribution in [1.29, 1.82) is 0 Å². The van der Waals surface area contributed by atoms with Crippen molar-refractivity contribution in [2.45, 2.75) is 19.6 Å². The largest absolute Gasteiger partial charge is 0.493 e. The van der Waals surface area contributed by atoms with Crippen LogP contribution < -0.4 is 24.3 Å². The third-order valence-corrected chi connectivity index (χ3v) is 6.37. The van der Waals surface area contributed by atoms with Crippen LogP contribution in [0.2, 0.25) is 0 Å². The van der Waals surface area contributed by atoms with Crippen molar-refractivity contribution in [2.75, 3.05) is 46.8 Å². The number of carbonyl (C=O) groups excluding carboxylic acids is 1. The molecule has 3 rings (SSSR count). The van der Waals surface area contributed by atoms with Crippen molar-refractivity contribution in [2.24, 2.45) is 0 Å². The summed E-state index contributed by atoms with van der Waals surface area (Å²) in [6, 6.07) is 6.98. The Balaban J connectivity index is 1.61. The fourth-order valence-corrected chi connectivity index (χ4v) is 3.97. The fraction of sp³-hybridized carbons (Fsp3) is 0.310. The van der Waals surface area contributed by atoms with Crippen molar-refractivity contribution in [3.63, 3.8) is 0 Å². The Morgan fingerprint density at radius 2 is 1.88 bits per heavy atom. The summed E-state index contributed by atoms with van der Waals surface area (Å²) < 4.78 is 42.3. The zero-order valence-corrected chi connectivity index (χ0v) is 25.3. The standard InChI is InChI=1S/C29H34ClFN6O6/c1-7-8-9-21(30)18(2)42-17-23(29-33-35-36-34-29)37(3)15-27(38)32-20-10-11-24(22(31)14-20)43-16-19-12-25(39-4)28(41-6)26(13-19)40-5/h7-14,23H,2,15-17H2,1,3-6H3,(H,32,38)(H,33,34,35,36)/b8-7-,21-9+. The number of hydrogen-bond acceptors (Lipinski definition) is 10. The molecule has 0 aliphatic heterocycles. The second kappa shape index (κ2) is 16.1. The second-order valence-corrected chi connectivity index (χ2v) is 9.40. The normalized spacial score (nSPS) is 12.2. The van der Waals surface area contributed by atoms with Crippen LogP contribution in [0.5, 0.6) is 23.0 Å². The number of H-pyrrole nitrogens is 1. The number of allylic oxidation sites excluding steroid dienone is 4. The van der Waals surface area contributed by atoms with Gasteiger partial charge in [0.25, 0.3) is 0 Å². The van der Waals surface area contributed by atoms with Crippen LogP contribution in [-0.2, 0) is 16.1 Å². The molecule has 43 heavy (non-hydrogen) atoms. The molecule has 0 spiro atoms. The van der Waals surface area contributed by atoms with Gasteiger partial charge in [0.1, 0.15) is 25.0 Å². The molecule has 1 aromatic heterocycles. The number of aromatic nitrogens is 4. The number of rotatable bonds is 16. The summed E-state index contributed by atoms with van der Waals surface area (Å²) in [6.07, 6.45) is 5.21. The number of likely N-dealkylation sites (N-methyl/N-ethyl adjacent to an activating group) is 1. The number of amides is 1. The molecule has 0 saturated carbocycles. The van der Waals surface area contributed by atoms with Crippen LogP contribution in [0.4, 0.5) is 10.1 Å². The molecule has 1 unspecified atom stereocenters. The van der Waals surface area contributed by atoms with E-state index in [4.69, 9.17) is 35.3 Å². The number of anilines is 1. The molecule has 0 bridgehead atoms. The molecule has 1 atom stereocenters. The molecule has 2 N–H and O–H groups in total. The van der Waals surface area contributed by atoms with Crippen molar-refractivity contribution in [1.82, 2.24) is 25.5 Å². The maximum Gasteiger partial charge on any atom is 0.238 e. The molecule has 2 aromatic carbocycles. The first-order valence-electron chi connectivity index (χ1n) is 13.0. The summed E-state index contributed by atoms with van der Waals surface area (Å²) >= 11 is 6.19. The number of tetrazole rings is 1. The molecule has 1 amide bonds. The molecule has 3 aromatic rings. The van der Waals surface area contributed by atoms with Gasteiger partial charge in [0.15, 0.2) is 28.9 Å². The van der Waals surface area contributed by atoms with Crippen molar-refractivity contribution in [3.8, 4) is 23.0 Å². The number of ether oxygens (including phenoxy) is 5. The van der Waals surface area contributed by atoms with E-state index in [1.165, 1.54) is 39.5 Å². The van der Waals surface area contributed by atoms with Crippen LogP contribution in [0.15, 0.2) is 65.9 Å². The summed E-state index contributed by atoms with van der Waals surface area (Å²) in [5.74, 6) is 0.823. The van der Waals surface area contributed by atoms with E-state index in [2.05, 4.69) is 32.5 Å². The molecule has 0 radical (unpaired) electrons. The Morgan fingerprint density at radius 3 is 2.47 bits per heavy atom. The van der Waals surface area contributed by atoms with Crippen LogP contribution in [0.1, 0.15) is 24.4 Å². The molecular formula is C29H34ClFN6O6. The Labute approximate surface area is 254 Å². The van der Waals surface area contributed by atoms with Gasteiger partial charge in [-0.15, -0.1) is 10.2 Å². The van der Waals surface area contributed by atoms with E-state index in [0.29, 0.717) is 33.7 Å². The Hall–Kier alpha value is -4.62. The Bertz CT molecular complexity index is 1420. The Kier molecular flexibility index (Phi) is 12.3. The van der Waals surface area contributed by atoms with E-state index in [1.54, 1.807) is 36.2 Å². The van der Waals surface area contributed by atoms with Gasteiger partial charge in [-0.1, -0.05) is 35.5 Å². The maximum absolute atomic E-state index is 14.9. The first kappa shape index (κ1) is 32.9. The van der Waals surface area contributed by atoms with Crippen LogP contribution >= 0.6 is 11.6 Å². The lowest BCUT2D eigenvalue weighted by molar-refractivity contribution is -0.117. The predicted octanol–water partition coefficient (Wildman–Crippen LogP) is 4.78. The molecular weight excluding hydrogens is 583 g/mol. The van der Waals surface area contributed by atoms with Crippen LogP contribution in [-0.4, -0.2) is 73.0 Å². The average molecular weight is 617 g/mol. The van der Waals surface area contributed by atoms with E-state index in [0.717, 1.165) is 0 Å². The third-order valence-electron chi connectivity index (χ3n) is 6.04. The number of aromatic amines is 1. The number of methoxy groups -OCH3 is 3. The number of nitrogens with zero attached hydrogens (tertiary/aromatic N) is 4. The van der Waals surface area contributed by atoms with Crippen molar-refractivity contribution in [3.05, 3.63) is 83.1 Å². The zero-order chi connectivity index (χ0) is 31.4. The van der Waals surface area contributed by atoms with Gasteiger partial charge >= 0.3 is 0 Å². The highest BCUT2D eigenvalue weighted by atomic mass is 35.5. The molecule has 230 valence electrons. The smallest absolute Gasteiger partial charge is 0.238 e. The van der Waals surface area contributed by atoms with Crippen LogP contribution in [0, 0.1) is 5.82 Å². The van der Waals surface area contributed by atoms with E-state index in [-0.39, 0.29) is 37.0 Å². The van der Waals surface area contributed by atoms with Gasteiger partial charge in [0.2, 0.25) is 11.7 Å². The number of halogens is 2. The number of hydrogen-bond donors (Lipinski definition) is 2. The fourth-order valence-electron chi connectivity index (χ4n) is 3.84. The van der Waals surface area contributed by atoms with Gasteiger partial charge in [-0.3, -0.25) is 9.69 Å². The molecule has 0 aliphatic carbocycles. The summed E-state index contributed by atoms with van der Waals surface area (Å²) in [5.41, 5.74) is 0.923. The van der Waals surface area contributed by atoms with E-state index in [9.17, 15) is 9.18 Å². The first-order valence-corrected chi connectivity index (χ1v) is 13.3. The highest BCUT2D eigenvalue weighted by Gasteiger charge is 2.25. The van der Waals surface area contributed by atoms with Crippen molar-refractivity contribution >= 4 is 23.2 Å². The number of benzene rings is 2. The second-order valence-electron chi connectivity index (χ2n) is 8.99. The predicted molar refractivity (Wildman–Crippen MR) is 159 cm³/mol. The summed E-state index contributed by atoms with van der Waals surface area (Å²) in [7, 11) is 6.20. The van der Waals surface area contributed by atoms with E-state index in [1.807, 2.05) is 13.0 Å². The topological polar surface area (TPSA) is 133 Å². The molecule has 1 heterocycles. The van der Waals surface area contributed by atoms with Crippen LogP contribution in [0.25, 0.3) is 0 Å². The van der Waals surface area contributed by atoms with Gasteiger partial charge in [-0.05, 0) is 49.9 Å². The zero-order valence-electron chi connectivity index (χ0n) is 24.5. The van der Waals surface area contributed by atoms with Gasteiger partial charge in [0, 0.05) is 11.8 Å². The van der Waals surface area contributed by atoms with E-state index >= 15 is 0 Å². The third kappa shape index (κ3) is 9.18. The minimum absolute atomic E-state index is 0.000514. The Morgan fingerprint density at radius 1 is 1.16 bits per heavy atom. The SMILES string of the molecule is C=C(OCC(c1nn[nH]n1)N(C)CC(=O)Nc1ccc(OCc2cc(OC)c(OC)c(OC)c2)c(F)c1)/C(Cl)=C\C=C/C. The minimum atomic E-state index is -0.655. The molecule has 0 saturated heterocycles. The van der Waals surface area contributed by atoms with E-state index < -0.39 is 17.8 Å². The minimum Gasteiger partial charge on any atom is -0.493 e. The summed E-state index contributed by atoms with van der Waals surface area (Å²) in [6.45, 7) is 5.65. The maximum atomic E-state index is 14.9. The number of nitrogens with one attached hydrogen (secondary N) is 2. The van der Waals surface area contributed by atoms with Gasteiger partial charge < -0.3 is 29.0 Å². The molecule has 0 fully saturated rings. The highest BCUT2D eigenvalue weighted by Crippen LogP contribution is 2.38. The summed E-state index contributed by atoms with van der Waals surface area (Å²) in [5, 5.41) is 17.0. The lowest BCUT2D eigenvalue weighted by atomic mass is 10.2. The monoisotopic (exact) mass is 616 g/mol. The van der Waals surface area contributed by atoms with Gasteiger partial charge in [-0.25, -0.2) is 4.39 Å². The van der Waals surface area contributed by atoms with Gasteiger partial charge in [-0.2, -0.15) is 5.21 Å². The first-order chi connectivity index (χ1) is 20.7. The van der Waals surface area contributed by atoms with Crippen molar-refractivity contribution < 1.29 is 32.9 Å². The number of carbonyl (C=O) groups is 1. The van der Waals surface area contributed by atoms with Gasteiger partial charge in [0.05, 0.1) is 32.9 Å². The molecule has 0 aliphatic rings. The summed E-state index contributed by atoms with van der Waals surface area (Å²) in [4.78, 5) is 14.5. The average Bonchev–Trinajstić information content (AvgIpc) is 3.53.